The van der Waals surface area contributed by atoms with Crippen molar-refractivity contribution in [1.82, 2.24) is 9.62 Å². The highest BCUT2D eigenvalue weighted by molar-refractivity contribution is 7.89. The van der Waals surface area contributed by atoms with Crippen LogP contribution in [0.15, 0.2) is 47.4 Å². The molecule has 1 amide bonds. The maximum absolute atomic E-state index is 14.0. The largest absolute Gasteiger partial charge is 0.493 e. The number of nitrogens with zero attached hydrogens (tertiary/aromatic N) is 1. The van der Waals surface area contributed by atoms with Crippen molar-refractivity contribution in [3.05, 3.63) is 53.8 Å². The number of ether oxygens (including phenoxy) is 2. The highest BCUT2D eigenvalue weighted by Gasteiger charge is 2.33. The molecule has 7 nitrogen and oxygen atoms in total. The number of carbonyl (C=O) groups is 1. The summed E-state index contributed by atoms with van der Waals surface area (Å²) in [5.41, 5.74) is 0.873. The van der Waals surface area contributed by atoms with Gasteiger partial charge in [-0.05, 0) is 56.5 Å². The topological polar surface area (TPSA) is 84.9 Å². The van der Waals surface area contributed by atoms with E-state index in [2.05, 4.69) is 5.32 Å². The zero-order valence-electron chi connectivity index (χ0n) is 18.5. The van der Waals surface area contributed by atoms with Gasteiger partial charge in [0.05, 0.1) is 19.8 Å². The number of hydrogen-bond donors (Lipinski definition) is 1. The SMILES string of the molecule is CCOc1ccc(C(C)NC(=O)C2CCN(S(=O)(=O)c3ccccc3F)CC2)cc1OC. The van der Waals surface area contributed by atoms with Crippen molar-refractivity contribution in [2.45, 2.75) is 37.6 Å². The van der Waals surface area contributed by atoms with E-state index in [0.717, 1.165) is 11.6 Å². The molecule has 1 unspecified atom stereocenters. The van der Waals surface area contributed by atoms with Crippen LogP contribution in [0.1, 0.15) is 38.3 Å². The number of hydrogen-bond acceptors (Lipinski definition) is 5. The lowest BCUT2D eigenvalue weighted by atomic mass is 9.96. The summed E-state index contributed by atoms with van der Waals surface area (Å²) < 4.78 is 51.6. The Labute approximate surface area is 188 Å². The fourth-order valence-corrected chi connectivity index (χ4v) is 5.33. The number of benzene rings is 2. The van der Waals surface area contributed by atoms with E-state index in [1.165, 1.54) is 22.5 Å². The Morgan fingerprint density at radius 1 is 1.19 bits per heavy atom. The maximum atomic E-state index is 14.0. The van der Waals surface area contributed by atoms with Gasteiger partial charge in [0.2, 0.25) is 15.9 Å². The molecule has 1 aliphatic rings. The maximum Gasteiger partial charge on any atom is 0.245 e. The molecule has 1 fully saturated rings. The van der Waals surface area contributed by atoms with Crippen LogP contribution >= 0.6 is 0 Å². The molecule has 0 spiro atoms. The lowest BCUT2D eigenvalue weighted by Crippen LogP contribution is -2.43. The third-order valence-corrected chi connectivity index (χ3v) is 7.56. The van der Waals surface area contributed by atoms with Crippen LogP contribution in [0.4, 0.5) is 4.39 Å². The Balaban J connectivity index is 1.60. The van der Waals surface area contributed by atoms with Crippen molar-refractivity contribution in [2.24, 2.45) is 5.92 Å². The molecule has 174 valence electrons. The summed E-state index contributed by atoms with van der Waals surface area (Å²) in [5, 5.41) is 3.00. The Morgan fingerprint density at radius 3 is 2.50 bits per heavy atom. The number of carbonyl (C=O) groups excluding carboxylic acids is 1. The minimum atomic E-state index is -3.92. The van der Waals surface area contributed by atoms with E-state index in [1.54, 1.807) is 7.11 Å². The molecule has 1 heterocycles. The first kappa shape index (κ1) is 24.0. The van der Waals surface area contributed by atoms with Crippen molar-refractivity contribution in [3.8, 4) is 11.5 Å². The van der Waals surface area contributed by atoms with Gasteiger partial charge in [0.15, 0.2) is 11.5 Å². The summed E-state index contributed by atoms with van der Waals surface area (Å²) in [6, 6.07) is 10.6. The van der Waals surface area contributed by atoms with Crippen molar-refractivity contribution in [3.63, 3.8) is 0 Å². The number of amides is 1. The number of nitrogens with one attached hydrogen (secondary N) is 1. The second-order valence-corrected chi connectivity index (χ2v) is 9.59. The normalized spacial score (nSPS) is 16.4. The molecule has 0 radical (unpaired) electrons. The van der Waals surface area contributed by atoms with Crippen LogP contribution in [0.2, 0.25) is 0 Å². The van der Waals surface area contributed by atoms with Gasteiger partial charge in [0, 0.05) is 19.0 Å². The van der Waals surface area contributed by atoms with Gasteiger partial charge in [0.1, 0.15) is 10.7 Å². The molecule has 0 bridgehead atoms. The molecule has 1 saturated heterocycles. The van der Waals surface area contributed by atoms with Crippen LogP contribution in [0, 0.1) is 11.7 Å². The smallest absolute Gasteiger partial charge is 0.245 e. The van der Waals surface area contributed by atoms with Crippen LogP contribution in [0.25, 0.3) is 0 Å². The highest BCUT2D eigenvalue weighted by Crippen LogP contribution is 2.31. The third kappa shape index (κ3) is 5.21. The molecule has 2 aromatic carbocycles. The van der Waals surface area contributed by atoms with Crippen LogP contribution in [0.3, 0.4) is 0 Å². The first-order chi connectivity index (χ1) is 15.3. The van der Waals surface area contributed by atoms with Crippen LogP contribution in [0.5, 0.6) is 11.5 Å². The fraction of sp³-hybridized carbons (Fsp3) is 0.435. The summed E-state index contributed by atoms with van der Waals surface area (Å²) in [7, 11) is -2.36. The number of halogens is 1. The summed E-state index contributed by atoms with van der Waals surface area (Å²) in [6.07, 6.45) is 0.748. The lowest BCUT2D eigenvalue weighted by molar-refractivity contribution is -0.126. The predicted octanol–water partition coefficient (Wildman–Crippen LogP) is 3.51. The standard InChI is InChI=1S/C23H29FN2O5S/c1-4-31-20-10-9-18(15-21(20)30-3)16(2)25-23(27)17-11-13-26(14-12-17)32(28,29)22-8-6-5-7-19(22)24/h5-10,15-17H,4,11-14H2,1-3H3,(H,25,27). The number of piperidine rings is 1. The van der Waals surface area contributed by atoms with Crippen LogP contribution < -0.4 is 14.8 Å². The molecule has 0 saturated carbocycles. The first-order valence-electron chi connectivity index (χ1n) is 10.6. The molecule has 2 aromatic rings. The minimum absolute atomic E-state index is 0.131. The van der Waals surface area contributed by atoms with Gasteiger partial charge < -0.3 is 14.8 Å². The Morgan fingerprint density at radius 2 is 1.88 bits per heavy atom. The average Bonchev–Trinajstić information content (AvgIpc) is 2.79. The number of rotatable bonds is 8. The van der Waals surface area contributed by atoms with E-state index in [9.17, 15) is 17.6 Å². The Bertz CT molecular complexity index is 1050. The van der Waals surface area contributed by atoms with Gasteiger partial charge >= 0.3 is 0 Å². The zero-order valence-corrected chi connectivity index (χ0v) is 19.3. The van der Waals surface area contributed by atoms with Gasteiger partial charge in [-0.15, -0.1) is 0 Å². The van der Waals surface area contributed by atoms with E-state index in [4.69, 9.17) is 9.47 Å². The van der Waals surface area contributed by atoms with Crippen molar-refractivity contribution in [1.29, 1.82) is 0 Å². The van der Waals surface area contributed by atoms with Gasteiger partial charge in [-0.3, -0.25) is 4.79 Å². The van der Waals surface area contributed by atoms with Gasteiger partial charge in [-0.2, -0.15) is 4.31 Å². The second kappa shape index (κ2) is 10.3. The summed E-state index contributed by atoms with van der Waals surface area (Å²) in [4.78, 5) is 12.5. The monoisotopic (exact) mass is 464 g/mol. The molecule has 1 aliphatic heterocycles. The minimum Gasteiger partial charge on any atom is -0.493 e. The van der Waals surface area contributed by atoms with E-state index < -0.39 is 15.8 Å². The second-order valence-electron chi connectivity index (χ2n) is 7.68. The third-order valence-electron chi connectivity index (χ3n) is 5.63. The van der Waals surface area contributed by atoms with Gasteiger partial charge in [-0.25, -0.2) is 12.8 Å². The predicted molar refractivity (Wildman–Crippen MR) is 119 cm³/mol. The van der Waals surface area contributed by atoms with E-state index >= 15 is 0 Å². The molecule has 1 N–H and O–H groups in total. The molecule has 0 aliphatic carbocycles. The molecule has 32 heavy (non-hydrogen) atoms. The average molecular weight is 465 g/mol. The van der Waals surface area contributed by atoms with Crippen molar-refractivity contribution >= 4 is 15.9 Å². The van der Waals surface area contributed by atoms with Gasteiger partial charge in [0.25, 0.3) is 0 Å². The Hall–Kier alpha value is -2.65. The van der Waals surface area contributed by atoms with Crippen LogP contribution in [-0.4, -0.2) is 45.4 Å². The zero-order chi connectivity index (χ0) is 23.3. The van der Waals surface area contributed by atoms with Crippen molar-refractivity contribution < 1.29 is 27.1 Å². The van der Waals surface area contributed by atoms with Crippen LogP contribution in [-0.2, 0) is 14.8 Å². The lowest BCUT2D eigenvalue weighted by Gasteiger charge is -2.31. The van der Waals surface area contributed by atoms with E-state index in [0.29, 0.717) is 30.9 Å². The van der Waals surface area contributed by atoms with Crippen molar-refractivity contribution in [2.75, 3.05) is 26.8 Å². The molecular formula is C23H29FN2O5S. The fourth-order valence-electron chi connectivity index (χ4n) is 3.79. The van der Waals surface area contributed by atoms with E-state index in [1.807, 2.05) is 32.0 Å². The van der Waals surface area contributed by atoms with Gasteiger partial charge in [-0.1, -0.05) is 18.2 Å². The molecule has 0 aromatic heterocycles. The summed E-state index contributed by atoms with van der Waals surface area (Å²) in [5.74, 6) is 0.0206. The number of methoxy groups -OCH3 is 1. The molecule has 1 atom stereocenters. The first-order valence-corrected chi connectivity index (χ1v) is 12.1. The highest BCUT2D eigenvalue weighted by atomic mass is 32.2. The molecular weight excluding hydrogens is 435 g/mol. The molecule has 9 heteroatoms. The Kier molecular flexibility index (Phi) is 7.73. The molecule has 3 rings (SSSR count). The summed E-state index contributed by atoms with van der Waals surface area (Å²) >= 11 is 0. The number of sulfonamides is 1. The van der Waals surface area contributed by atoms with E-state index in [-0.39, 0.29) is 35.9 Å². The summed E-state index contributed by atoms with van der Waals surface area (Å²) in [6.45, 7) is 4.63. The quantitative estimate of drug-likeness (QED) is 0.646.